The van der Waals surface area contributed by atoms with Gasteiger partial charge in [0, 0.05) is 6.07 Å². The molecule has 0 bridgehead atoms. The van der Waals surface area contributed by atoms with Crippen molar-refractivity contribution < 1.29 is 9.90 Å². The van der Waals surface area contributed by atoms with Crippen molar-refractivity contribution in [1.82, 2.24) is 9.97 Å². The molecule has 0 unspecified atom stereocenters. The molecule has 3 N–H and O–H groups in total. The Labute approximate surface area is 62.9 Å². The zero-order valence-electron chi connectivity index (χ0n) is 5.69. The molecular formula is C6H7N3O2. The van der Waals surface area contributed by atoms with Crippen LogP contribution in [0.25, 0.3) is 0 Å². The second kappa shape index (κ2) is 2.96. The van der Waals surface area contributed by atoms with Gasteiger partial charge in [-0.25, -0.2) is 9.97 Å². The molecule has 0 aliphatic rings. The molecule has 11 heavy (non-hydrogen) atoms. The van der Waals surface area contributed by atoms with Gasteiger partial charge in [-0.3, -0.25) is 4.79 Å². The number of carboxylic acid groups (broad SMARTS) is 1. The Balaban J connectivity index is 2.79. The van der Waals surface area contributed by atoms with Crippen LogP contribution >= 0.6 is 0 Å². The molecule has 0 amide bonds. The summed E-state index contributed by atoms with van der Waals surface area (Å²) < 4.78 is 0. The fourth-order valence-corrected chi connectivity index (χ4v) is 0.667. The van der Waals surface area contributed by atoms with Gasteiger partial charge < -0.3 is 10.8 Å². The summed E-state index contributed by atoms with van der Waals surface area (Å²) in [6.45, 7) is 0. The van der Waals surface area contributed by atoms with Crippen LogP contribution in [0, 0.1) is 0 Å². The first-order chi connectivity index (χ1) is 5.18. The maximum absolute atomic E-state index is 10.2. The number of nitrogens with zero attached hydrogens (tertiary/aromatic N) is 2. The van der Waals surface area contributed by atoms with E-state index in [0.29, 0.717) is 5.69 Å². The lowest BCUT2D eigenvalue weighted by molar-refractivity contribution is -0.136. The average Bonchev–Trinajstić information content (AvgIpc) is 1.85. The predicted molar refractivity (Wildman–Crippen MR) is 37.8 cm³/mol. The lowest BCUT2D eigenvalue weighted by atomic mass is 10.3. The number of nitrogens with two attached hydrogens (primary N) is 1. The van der Waals surface area contributed by atoms with Crippen molar-refractivity contribution in [3.8, 4) is 0 Å². The van der Waals surface area contributed by atoms with Crippen LogP contribution < -0.4 is 5.73 Å². The van der Waals surface area contributed by atoms with Crippen LogP contribution in [0.15, 0.2) is 12.4 Å². The molecule has 5 nitrogen and oxygen atoms in total. The first-order valence-electron chi connectivity index (χ1n) is 2.96. The van der Waals surface area contributed by atoms with Crippen LogP contribution in [-0.2, 0) is 11.2 Å². The fourth-order valence-electron chi connectivity index (χ4n) is 0.667. The largest absolute Gasteiger partial charge is 0.481 e. The summed E-state index contributed by atoms with van der Waals surface area (Å²) in [6, 6.07) is 1.44. The molecule has 58 valence electrons. The molecular weight excluding hydrogens is 146 g/mol. The highest BCUT2D eigenvalue weighted by Crippen LogP contribution is 1.99. The van der Waals surface area contributed by atoms with Crippen LogP contribution in [0.3, 0.4) is 0 Å². The number of anilines is 1. The van der Waals surface area contributed by atoms with Crippen molar-refractivity contribution in [1.29, 1.82) is 0 Å². The molecule has 0 radical (unpaired) electrons. The van der Waals surface area contributed by atoms with E-state index in [0.717, 1.165) is 0 Å². The third-order valence-corrected chi connectivity index (χ3v) is 1.08. The van der Waals surface area contributed by atoms with E-state index in [-0.39, 0.29) is 12.2 Å². The van der Waals surface area contributed by atoms with Crippen LogP contribution in [0.1, 0.15) is 5.69 Å². The summed E-state index contributed by atoms with van der Waals surface area (Å²) in [6.07, 6.45) is 1.13. The summed E-state index contributed by atoms with van der Waals surface area (Å²) >= 11 is 0. The Morgan fingerprint density at radius 3 is 2.91 bits per heavy atom. The third-order valence-electron chi connectivity index (χ3n) is 1.08. The lowest BCUT2D eigenvalue weighted by Crippen LogP contribution is -2.03. The highest BCUT2D eigenvalue weighted by molar-refractivity contribution is 5.69. The SMILES string of the molecule is Nc1cc(CC(=O)O)ncn1. The molecule has 0 saturated carbocycles. The van der Waals surface area contributed by atoms with E-state index in [2.05, 4.69) is 9.97 Å². The minimum Gasteiger partial charge on any atom is -0.481 e. The van der Waals surface area contributed by atoms with Crippen LogP contribution in [0.5, 0.6) is 0 Å². The van der Waals surface area contributed by atoms with E-state index in [1.807, 2.05) is 0 Å². The van der Waals surface area contributed by atoms with Crippen molar-refractivity contribution in [3.63, 3.8) is 0 Å². The summed E-state index contributed by atoms with van der Waals surface area (Å²) in [7, 11) is 0. The van der Waals surface area contributed by atoms with Crippen LogP contribution in [-0.4, -0.2) is 21.0 Å². The Hall–Kier alpha value is -1.65. The molecule has 1 aromatic heterocycles. The van der Waals surface area contributed by atoms with E-state index < -0.39 is 5.97 Å². The number of hydrogen-bond acceptors (Lipinski definition) is 4. The zero-order valence-corrected chi connectivity index (χ0v) is 5.69. The van der Waals surface area contributed by atoms with Gasteiger partial charge in [0.15, 0.2) is 0 Å². The molecule has 0 aromatic carbocycles. The predicted octanol–water partition coefficient (Wildman–Crippen LogP) is -0.314. The van der Waals surface area contributed by atoms with Crippen molar-refractivity contribution >= 4 is 11.8 Å². The maximum atomic E-state index is 10.2. The van der Waals surface area contributed by atoms with Crippen LogP contribution in [0.2, 0.25) is 0 Å². The molecule has 1 rings (SSSR count). The Bertz CT molecular complexity index is 274. The molecule has 0 spiro atoms. The van der Waals surface area contributed by atoms with Gasteiger partial charge in [0.05, 0.1) is 12.1 Å². The van der Waals surface area contributed by atoms with Gasteiger partial charge in [-0.05, 0) is 0 Å². The van der Waals surface area contributed by atoms with Crippen molar-refractivity contribution in [3.05, 3.63) is 18.1 Å². The molecule has 1 aromatic rings. The number of aliphatic carboxylic acids is 1. The van der Waals surface area contributed by atoms with E-state index in [1.165, 1.54) is 12.4 Å². The smallest absolute Gasteiger partial charge is 0.309 e. The second-order valence-electron chi connectivity index (χ2n) is 2.00. The Morgan fingerprint density at radius 1 is 1.64 bits per heavy atom. The molecule has 0 fully saturated rings. The van der Waals surface area contributed by atoms with Gasteiger partial charge in [-0.15, -0.1) is 0 Å². The number of nitrogen functional groups attached to an aromatic ring is 1. The Morgan fingerprint density at radius 2 is 2.36 bits per heavy atom. The molecule has 1 heterocycles. The normalized spacial score (nSPS) is 9.45. The highest BCUT2D eigenvalue weighted by atomic mass is 16.4. The zero-order chi connectivity index (χ0) is 8.27. The maximum Gasteiger partial charge on any atom is 0.309 e. The Kier molecular flexibility index (Phi) is 2.00. The van der Waals surface area contributed by atoms with E-state index >= 15 is 0 Å². The van der Waals surface area contributed by atoms with Gasteiger partial charge >= 0.3 is 5.97 Å². The fraction of sp³-hybridized carbons (Fsp3) is 0.167. The molecule has 0 aliphatic heterocycles. The van der Waals surface area contributed by atoms with Gasteiger partial charge in [-0.1, -0.05) is 0 Å². The van der Waals surface area contributed by atoms with Crippen molar-refractivity contribution in [2.75, 3.05) is 5.73 Å². The summed E-state index contributed by atoms with van der Waals surface area (Å²) in [5.41, 5.74) is 5.71. The van der Waals surface area contributed by atoms with E-state index in [1.54, 1.807) is 0 Å². The topological polar surface area (TPSA) is 89.1 Å². The molecule has 0 saturated heterocycles. The van der Waals surface area contributed by atoms with Crippen molar-refractivity contribution in [2.24, 2.45) is 0 Å². The quantitative estimate of drug-likeness (QED) is 0.608. The summed E-state index contributed by atoms with van der Waals surface area (Å²) in [4.78, 5) is 17.5. The average molecular weight is 153 g/mol. The number of aromatic nitrogens is 2. The number of carboxylic acids is 1. The second-order valence-corrected chi connectivity index (χ2v) is 2.00. The number of carbonyl (C=O) groups is 1. The van der Waals surface area contributed by atoms with Gasteiger partial charge in [-0.2, -0.15) is 0 Å². The van der Waals surface area contributed by atoms with Gasteiger partial charge in [0.2, 0.25) is 0 Å². The van der Waals surface area contributed by atoms with Gasteiger partial charge in [0.25, 0.3) is 0 Å². The van der Waals surface area contributed by atoms with E-state index in [9.17, 15) is 4.79 Å². The van der Waals surface area contributed by atoms with Crippen molar-refractivity contribution in [2.45, 2.75) is 6.42 Å². The lowest BCUT2D eigenvalue weighted by Gasteiger charge is -1.95. The minimum atomic E-state index is -0.928. The highest BCUT2D eigenvalue weighted by Gasteiger charge is 2.01. The monoisotopic (exact) mass is 153 g/mol. The minimum absolute atomic E-state index is 0.118. The third kappa shape index (κ3) is 2.21. The summed E-state index contributed by atoms with van der Waals surface area (Å²) in [5.74, 6) is -0.639. The summed E-state index contributed by atoms with van der Waals surface area (Å²) in [5, 5.41) is 8.36. The van der Waals surface area contributed by atoms with E-state index in [4.69, 9.17) is 10.8 Å². The van der Waals surface area contributed by atoms with Crippen LogP contribution in [0.4, 0.5) is 5.82 Å². The number of hydrogen-bond donors (Lipinski definition) is 2. The molecule has 0 aliphatic carbocycles. The molecule has 0 atom stereocenters. The molecule has 5 heteroatoms. The first-order valence-corrected chi connectivity index (χ1v) is 2.96. The number of rotatable bonds is 2. The van der Waals surface area contributed by atoms with Gasteiger partial charge in [0.1, 0.15) is 12.1 Å². The first kappa shape index (κ1) is 7.46. The standard InChI is InChI=1S/C6H7N3O2/c7-5-1-4(2-6(10)11)8-3-9-5/h1,3H,2H2,(H,10,11)(H2,7,8,9).